The molecule has 28 heavy (non-hydrogen) atoms. The predicted octanol–water partition coefficient (Wildman–Crippen LogP) is 5.26. The molecule has 1 atom stereocenters. The first-order valence-electron chi connectivity index (χ1n) is 8.98. The summed E-state index contributed by atoms with van der Waals surface area (Å²) in [5.41, 5.74) is 1.82. The molecule has 0 radical (unpaired) electrons. The molecule has 1 unspecified atom stereocenters. The van der Waals surface area contributed by atoms with E-state index in [1.807, 2.05) is 79.7 Å². The molecule has 3 rings (SSSR count). The van der Waals surface area contributed by atoms with Gasteiger partial charge in [-0.05, 0) is 68.2 Å². The van der Waals surface area contributed by atoms with Crippen molar-refractivity contribution in [1.82, 2.24) is 10.2 Å². The fourth-order valence-corrected chi connectivity index (χ4v) is 3.74. The molecular weight excluding hydrogens is 392 g/mol. The molecule has 0 aliphatic rings. The molecule has 6 heteroatoms. The SMILES string of the molecule is CN(C)C(CNC(=O)c1ccc(CSc2ccc(Cl)cc2)cc1)c1ccco1. The van der Waals surface area contributed by atoms with Crippen LogP contribution in [0.25, 0.3) is 0 Å². The van der Waals surface area contributed by atoms with Gasteiger partial charge in [0, 0.05) is 27.8 Å². The molecule has 0 fully saturated rings. The van der Waals surface area contributed by atoms with Crippen LogP contribution in [0.15, 0.2) is 76.2 Å². The van der Waals surface area contributed by atoms with E-state index >= 15 is 0 Å². The van der Waals surface area contributed by atoms with Gasteiger partial charge in [0.25, 0.3) is 5.91 Å². The second-order valence-corrected chi connectivity index (χ2v) is 8.13. The lowest BCUT2D eigenvalue weighted by atomic mass is 10.1. The smallest absolute Gasteiger partial charge is 0.251 e. The van der Waals surface area contributed by atoms with Crippen LogP contribution in [-0.2, 0) is 5.75 Å². The number of nitrogens with zero attached hydrogens (tertiary/aromatic N) is 1. The first-order valence-corrected chi connectivity index (χ1v) is 10.3. The monoisotopic (exact) mass is 414 g/mol. The van der Waals surface area contributed by atoms with Crippen LogP contribution < -0.4 is 5.32 Å². The zero-order valence-electron chi connectivity index (χ0n) is 15.9. The first kappa shape index (κ1) is 20.5. The highest BCUT2D eigenvalue weighted by atomic mass is 35.5. The summed E-state index contributed by atoms with van der Waals surface area (Å²) in [7, 11) is 3.93. The summed E-state index contributed by atoms with van der Waals surface area (Å²) in [5.74, 6) is 1.58. The van der Waals surface area contributed by atoms with E-state index in [4.69, 9.17) is 16.0 Å². The summed E-state index contributed by atoms with van der Waals surface area (Å²) in [6.07, 6.45) is 1.65. The second-order valence-electron chi connectivity index (χ2n) is 6.64. The maximum Gasteiger partial charge on any atom is 0.251 e. The molecule has 1 aromatic heterocycles. The lowest BCUT2D eigenvalue weighted by Crippen LogP contribution is -2.34. The minimum Gasteiger partial charge on any atom is -0.468 e. The van der Waals surface area contributed by atoms with Gasteiger partial charge < -0.3 is 9.73 Å². The average molecular weight is 415 g/mol. The number of rotatable bonds is 8. The number of carbonyl (C=O) groups is 1. The van der Waals surface area contributed by atoms with Crippen molar-refractivity contribution >= 4 is 29.3 Å². The molecular formula is C22H23ClN2O2S. The van der Waals surface area contributed by atoms with Crippen molar-refractivity contribution < 1.29 is 9.21 Å². The fourth-order valence-electron chi connectivity index (χ4n) is 2.76. The Morgan fingerprint density at radius 3 is 2.43 bits per heavy atom. The third kappa shape index (κ3) is 5.64. The second kappa shape index (κ2) is 9.82. The van der Waals surface area contributed by atoms with E-state index in [2.05, 4.69) is 5.32 Å². The van der Waals surface area contributed by atoms with E-state index in [0.717, 1.165) is 16.5 Å². The maximum absolute atomic E-state index is 12.5. The minimum absolute atomic E-state index is 0.00556. The molecule has 4 nitrogen and oxygen atoms in total. The van der Waals surface area contributed by atoms with Crippen molar-refractivity contribution in [3.05, 3.63) is 88.8 Å². The van der Waals surface area contributed by atoms with Crippen molar-refractivity contribution in [1.29, 1.82) is 0 Å². The van der Waals surface area contributed by atoms with Crippen molar-refractivity contribution in [2.75, 3.05) is 20.6 Å². The number of thioether (sulfide) groups is 1. The summed E-state index contributed by atoms with van der Waals surface area (Å²) in [4.78, 5) is 15.7. The Morgan fingerprint density at radius 2 is 1.82 bits per heavy atom. The van der Waals surface area contributed by atoms with Crippen LogP contribution in [-0.4, -0.2) is 31.4 Å². The number of carbonyl (C=O) groups excluding carboxylic acids is 1. The topological polar surface area (TPSA) is 45.5 Å². The van der Waals surface area contributed by atoms with Crippen LogP contribution in [0.2, 0.25) is 5.02 Å². The zero-order valence-corrected chi connectivity index (χ0v) is 17.5. The van der Waals surface area contributed by atoms with Gasteiger partial charge >= 0.3 is 0 Å². The highest BCUT2D eigenvalue weighted by molar-refractivity contribution is 7.98. The largest absolute Gasteiger partial charge is 0.468 e. The molecule has 0 saturated carbocycles. The normalized spacial score (nSPS) is 12.1. The van der Waals surface area contributed by atoms with E-state index in [-0.39, 0.29) is 11.9 Å². The highest BCUT2D eigenvalue weighted by Gasteiger charge is 2.18. The quantitative estimate of drug-likeness (QED) is 0.511. The third-order valence-electron chi connectivity index (χ3n) is 4.39. The lowest BCUT2D eigenvalue weighted by molar-refractivity contribution is 0.0939. The lowest BCUT2D eigenvalue weighted by Gasteiger charge is -2.22. The van der Waals surface area contributed by atoms with Crippen LogP contribution in [0.1, 0.15) is 27.7 Å². The van der Waals surface area contributed by atoms with Gasteiger partial charge in [-0.3, -0.25) is 9.69 Å². The Labute approximate surface area is 174 Å². The summed E-state index contributed by atoms with van der Waals surface area (Å²) < 4.78 is 5.48. The number of furan rings is 1. The summed E-state index contributed by atoms with van der Waals surface area (Å²) in [5, 5.41) is 3.73. The van der Waals surface area contributed by atoms with Crippen molar-refractivity contribution in [2.45, 2.75) is 16.7 Å². The Kier molecular flexibility index (Phi) is 7.20. The van der Waals surface area contributed by atoms with Gasteiger partial charge in [-0.15, -0.1) is 11.8 Å². The number of hydrogen-bond donors (Lipinski definition) is 1. The van der Waals surface area contributed by atoms with Gasteiger partial charge in [-0.1, -0.05) is 23.7 Å². The number of likely N-dealkylation sites (N-methyl/N-ethyl adjacent to an activating group) is 1. The predicted molar refractivity (Wildman–Crippen MR) is 115 cm³/mol. The van der Waals surface area contributed by atoms with Gasteiger partial charge in [-0.2, -0.15) is 0 Å². The van der Waals surface area contributed by atoms with Crippen molar-refractivity contribution in [3.8, 4) is 0 Å². The number of benzene rings is 2. The van der Waals surface area contributed by atoms with Gasteiger partial charge in [-0.25, -0.2) is 0 Å². The van der Waals surface area contributed by atoms with Crippen molar-refractivity contribution in [3.63, 3.8) is 0 Å². The van der Waals surface area contributed by atoms with E-state index in [1.165, 1.54) is 10.5 Å². The van der Waals surface area contributed by atoms with Crippen LogP contribution in [0, 0.1) is 0 Å². The molecule has 0 saturated heterocycles. The molecule has 2 aromatic carbocycles. The first-order chi connectivity index (χ1) is 13.5. The number of nitrogens with one attached hydrogen (secondary N) is 1. The minimum atomic E-state index is -0.0877. The summed E-state index contributed by atoms with van der Waals surface area (Å²) in [6, 6.07) is 19.3. The number of amides is 1. The molecule has 3 aromatic rings. The molecule has 0 aliphatic heterocycles. The van der Waals surface area contributed by atoms with Gasteiger partial charge in [0.1, 0.15) is 5.76 Å². The molecule has 0 spiro atoms. The van der Waals surface area contributed by atoms with E-state index < -0.39 is 0 Å². The van der Waals surface area contributed by atoms with Gasteiger partial charge in [0.05, 0.1) is 12.3 Å². The Hall–Kier alpha value is -2.21. The maximum atomic E-state index is 12.5. The highest BCUT2D eigenvalue weighted by Crippen LogP contribution is 2.24. The van der Waals surface area contributed by atoms with E-state index in [0.29, 0.717) is 12.1 Å². The van der Waals surface area contributed by atoms with Gasteiger partial charge in [0.2, 0.25) is 0 Å². The van der Waals surface area contributed by atoms with Crippen LogP contribution >= 0.6 is 23.4 Å². The number of halogens is 1. The zero-order chi connectivity index (χ0) is 19.9. The molecule has 1 amide bonds. The average Bonchev–Trinajstić information content (AvgIpc) is 3.22. The summed E-state index contributed by atoms with van der Waals surface area (Å²) in [6.45, 7) is 0.480. The molecule has 0 aliphatic carbocycles. The van der Waals surface area contributed by atoms with Crippen molar-refractivity contribution in [2.24, 2.45) is 0 Å². The Morgan fingerprint density at radius 1 is 1.11 bits per heavy atom. The Balaban J connectivity index is 1.53. The van der Waals surface area contributed by atoms with Crippen LogP contribution in [0.5, 0.6) is 0 Å². The molecule has 1 heterocycles. The molecule has 146 valence electrons. The van der Waals surface area contributed by atoms with Crippen LogP contribution in [0.3, 0.4) is 0 Å². The standard InChI is InChI=1S/C22H23ClN2O2S/c1-25(2)20(21-4-3-13-27-21)14-24-22(26)17-7-5-16(6-8-17)15-28-19-11-9-18(23)10-12-19/h3-13,20H,14-15H2,1-2H3,(H,24,26). The van der Waals surface area contributed by atoms with E-state index in [1.54, 1.807) is 18.0 Å². The van der Waals surface area contributed by atoms with E-state index in [9.17, 15) is 4.79 Å². The molecule has 0 bridgehead atoms. The van der Waals surface area contributed by atoms with Crippen LogP contribution in [0.4, 0.5) is 0 Å². The fraction of sp³-hybridized carbons (Fsp3) is 0.227. The van der Waals surface area contributed by atoms with Gasteiger partial charge in [0.15, 0.2) is 0 Å². The third-order valence-corrected chi connectivity index (χ3v) is 5.72. The Bertz CT molecular complexity index is 878. The molecule has 1 N–H and O–H groups in total. The summed E-state index contributed by atoms with van der Waals surface area (Å²) >= 11 is 7.65. The number of hydrogen-bond acceptors (Lipinski definition) is 4.